The van der Waals surface area contributed by atoms with E-state index in [9.17, 15) is 0 Å². The number of likely N-dealkylation sites (N-methyl/N-ethyl adjacent to an activating group) is 1. The topological polar surface area (TPSA) is 104 Å². The molecule has 1 aliphatic heterocycles. The largest absolute Gasteiger partial charge is 0.473 e. The van der Waals surface area contributed by atoms with Gasteiger partial charge in [0.25, 0.3) is 0 Å². The number of carbonyl (C=O) groups is 2. The Balaban J connectivity index is 0.000000413. The Hall–Kier alpha value is -1.71. The predicted molar refractivity (Wildman–Crippen MR) is 95.4 cm³/mol. The van der Waals surface area contributed by atoms with Crippen molar-refractivity contribution in [3.05, 3.63) is 24.4 Å². The molecule has 0 aromatic carbocycles. The van der Waals surface area contributed by atoms with Crippen LogP contribution in [0.1, 0.15) is 25.0 Å². The highest BCUT2D eigenvalue weighted by Crippen LogP contribution is 2.29. The summed E-state index contributed by atoms with van der Waals surface area (Å²) in [5.41, 5.74) is 2.44. The number of aliphatic carboxylic acids is 2. The van der Waals surface area contributed by atoms with Gasteiger partial charge in [0.2, 0.25) is 0 Å². The molecule has 1 aromatic rings. The van der Waals surface area contributed by atoms with E-state index in [4.69, 9.17) is 19.8 Å². The van der Waals surface area contributed by atoms with Crippen LogP contribution < -0.4 is 0 Å². The van der Waals surface area contributed by atoms with Gasteiger partial charge in [0, 0.05) is 13.1 Å². The maximum absolute atomic E-state index is 9.10. The molecule has 0 amide bonds. The Labute approximate surface area is 149 Å². The van der Waals surface area contributed by atoms with Gasteiger partial charge in [0.05, 0.1) is 11.7 Å². The van der Waals surface area contributed by atoms with Crippen LogP contribution in [0.3, 0.4) is 0 Å². The maximum atomic E-state index is 9.10. The molecule has 0 unspecified atom stereocenters. The molecule has 0 saturated carbocycles. The molecule has 1 aromatic heterocycles. The summed E-state index contributed by atoms with van der Waals surface area (Å²) in [7, 11) is 2.16. The number of hydrogen-bond acceptors (Lipinski definition) is 7. The minimum Gasteiger partial charge on any atom is -0.473 e. The van der Waals surface area contributed by atoms with Crippen LogP contribution in [0.15, 0.2) is 23.8 Å². The zero-order valence-electron chi connectivity index (χ0n) is 13.5. The third-order valence-electron chi connectivity index (χ3n) is 3.08. The van der Waals surface area contributed by atoms with Crippen molar-refractivity contribution >= 4 is 41.0 Å². The lowest BCUT2D eigenvalue weighted by Gasteiger charge is -2.22. The third kappa shape index (κ3) is 7.24. The smallest absolute Gasteiger partial charge is 0.414 e. The first-order chi connectivity index (χ1) is 11.5. The molecular formula is C15H21N3O4S2. The number of carboxylic acid groups (broad SMARTS) is 2. The van der Waals surface area contributed by atoms with Crippen LogP contribution in [0.4, 0.5) is 0 Å². The van der Waals surface area contributed by atoms with Gasteiger partial charge in [-0.3, -0.25) is 0 Å². The lowest BCUT2D eigenvalue weighted by atomic mass is 10.1. The van der Waals surface area contributed by atoms with Crippen LogP contribution >= 0.6 is 23.5 Å². The number of rotatable bonds is 6. The molecule has 7 nitrogen and oxygen atoms in total. The maximum Gasteiger partial charge on any atom is 0.414 e. The summed E-state index contributed by atoms with van der Waals surface area (Å²) in [6.07, 6.45) is 7.63. The number of nitrogens with zero attached hydrogens (tertiary/aromatic N) is 3. The molecule has 1 aliphatic rings. The lowest BCUT2D eigenvalue weighted by Crippen LogP contribution is -2.25. The summed E-state index contributed by atoms with van der Waals surface area (Å²) in [4.78, 5) is 20.5. The second kappa shape index (κ2) is 11.0. The fourth-order valence-corrected chi connectivity index (χ4v) is 3.61. The zero-order valence-corrected chi connectivity index (χ0v) is 15.1. The Morgan fingerprint density at radius 1 is 1.42 bits per heavy atom. The number of aromatic nitrogens is 2. The number of allylic oxidation sites excluding steroid dienone is 1. The Morgan fingerprint density at radius 2 is 2.12 bits per heavy atom. The summed E-state index contributed by atoms with van der Waals surface area (Å²) in [6.45, 7) is 5.88. The van der Waals surface area contributed by atoms with Crippen LogP contribution in [-0.4, -0.2) is 61.7 Å². The molecule has 0 fully saturated rings. The first kappa shape index (κ1) is 20.3. The van der Waals surface area contributed by atoms with Crippen molar-refractivity contribution in [1.29, 1.82) is 0 Å². The second-order valence-corrected chi connectivity index (χ2v) is 6.68. The van der Waals surface area contributed by atoms with E-state index in [-0.39, 0.29) is 0 Å². The predicted octanol–water partition coefficient (Wildman–Crippen LogP) is 2.47. The summed E-state index contributed by atoms with van der Waals surface area (Å²) in [5.74, 6) is -2.56. The number of unbranched alkanes of at least 4 members (excludes halogenated alkanes) is 1. The lowest BCUT2D eigenvalue weighted by molar-refractivity contribution is -0.159. The summed E-state index contributed by atoms with van der Waals surface area (Å²) >= 11 is 3.14. The molecule has 0 radical (unpaired) electrons. The second-order valence-electron chi connectivity index (χ2n) is 5.06. The van der Waals surface area contributed by atoms with Crippen LogP contribution in [0.25, 0.3) is 5.57 Å². The zero-order chi connectivity index (χ0) is 17.9. The molecule has 2 rings (SSSR count). The van der Waals surface area contributed by atoms with Crippen molar-refractivity contribution < 1.29 is 19.8 Å². The average molecular weight is 371 g/mol. The van der Waals surface area contributed by atoms with E-state index >= 15 is 0 Å². The van der Waals surface area contributed by atoms with Crippen molar-refractivity contribution in [3.8, 4) is 0 Å². The van der Waals surface area contributed by atoms with E-state index in [1.807, 2.05) is 17.8 Å². The molecular weight excluding hydrogens is 350 g/mol. The Kier molecular flexibility index (Phi) is 9.28. The molecule has 0 bridgehead atoms. The SMILES string of the molecule is C=CCCCSc1nsnc1C1=CCCN(C)C1.O=C(O)C(=O)O. The summed E-state index contributed by atoms with van der Waals surface area (Å²) < 4.78 is 8.89. The Morgan fingerprint density at radius 3 is 2.71 bits per heavy atom. The average Bonchev–Trinajstić information content (AvgIpc) is 3.00. The molecule has 0 aliphatic carbocycles. The van der Waals surface area contributed by atoms with E-state index < -0.39 is 11.9 Å². The quantitative estimate of drug-likeness (QED) is 0.340. The van der Waals surface area contributed by atoms with Gasteiger partial charge in [-0.1, -0.05) is 12.2 Å². The van der Waals surface area contributed by atoms with E-state index in [1.54, 1.807) is 0 Å². The van der Waals surface area contributed by atoms with Gasteiger partial charge in [-0.25, -0.2) is 9.59 Å². The monoisotopic (exact) mass is 371 g/mol. The highest BCUT2D eigenvalue weighted by atomic mass is 32.2. The summed E-state index contributed by atoms with van der Waals surface area (Å²) in [6, 6.07) is 0. The summed E-state index contributed by atoms with van der Waals surface area (Å²) in [5, 5.41) is 15.9. The van der Waals surface area contributed by atoms with Crippen LogP contribution in [0.5, 0.6) is 0 Å². The molecule has 9 heteroatoms. The van der Waals surface area contributed by atoms with Crippen molar-refractivity contribution in [3.63, 3.8) is 0 Å². The van der Waals surface area contributed by atoms with Gasteiger partial charge >= 0.3 is 11.9 Å². The fourth-order valence-electron chi connectivity index (χ4n) is 1.93. The van der Waals surface area contributed by atoms with Crippen molar-refractivity contribution in [2.45, 2.75) is 24.3 Å². The van der Waals surface area contributed by atoms with Gasteiger partial charge < -0.3 is 15.1 Å². The van der Waals surface area contributed by atoms with Crippen molar-refractivity contribution in [2.24, 2.45) is 0 Å². The highest BCUT2D eigenvalue weighted by molar-refractivity contribution is 7.99. The van der Waals surface area contributed by atoms with E-state index in [0.29, 0.717) is 0 Å². The van der Waals surface area contributed by atoms with Gasteiger partial charge in [-0.05, 0) is 37.6 Å². The molecule has 0 spiro atoms. The van der Waals surface area contributed by atoms with E-state index in [2.05, 4.69) is 33.3 Å². The fraction of sp³-hybridized carbons (Fsp3) is 0.467. The van der Waals surface area contributed by atoms with E-state index in [0.717, 1.165) is 48.8 Å². The van der Waals surface area contributed by atoms with Gasteiger partial charge in [-0.2, -0.15) is 8.75 Å². The van der Waals surface area contributed by atoms with E-state index in [1.165, 1.54) is 17.3 Å². The van der Waals surface area contributed by atoms with Crippen LogP contribution in [0.2, 0.25) is 0 Å². The van der Waals surface area contributed by atoms with Gasteiger partial charge in [0.1, 0.15) is 10.7 Å². The highest BCUT2D eigenvalue weighted by Gasteiger charge is 2.17. The minimum absolute atomic E-state index is 0.992. The Bertz CT molecular complexity index is 589. The molecule has 0 saturated heterocycles. The van der Waals surface area contributed by atoms with Gasteiger partial charge in [0.15, 0.2) is 0 Å². The van der Waals surface area contributed by atoms with Crippen molar-refractivity contribution in [2.75, 3.05) is 25.9 Å². The first-order valence-electron chi connectivity index (χ1n) is 7.36. The number of hydrogen-bond donors (Lipinski definition) is 2. The van der Waals surface area contributed by atoms with Gasteiger partial charge in [-0.15, -0.1) is 18.3 Å². The molecule has 2 heterocycles. The molecule has 2 N–H and O–H groups in total. The third-order valence-corrected chi connectivity index (χ3v) is 4.77. The molecule has 132 valence electrons. The molecule has 24 heavy (non-hydrogen) atoms. The van der Waals surface area contributed by atoms with Crippen LogP contribution in [-0.2, 0) is 9.59 Å². The van der Waals surface area contributed by atoms with Crippen molar-refractivity contribution in [1.82, 2.24) is 13.6 Å². The number of carboxylic acids is 2. The minimum atomic E-state index is -1.82. The standard InChI is InChI=1S/C13H19N3S2.C2H2O4/c1-3-4-5-9-17-13-12(14-18-15-13)11-7-6-8-16(2)10-11;3-1(4)2(5)6/h3,7H,1,4-6,8-10H2,2H3;(H,3,4)(H,5,6). The first-order valence-corrected chi connectivity index (χ1v) is 9.07. The molecule has 0 atom stereocenters. The normalized spacial score (nSPS) is 14.3. The number of thioether (sulfide) groups is 1. The van der Waals surface area contributed by atoms with Crippen LogP contribution in [0, 0.1) is 0 Å².